The first-order chi connectivity index (χ1) is 14.1. The zero-order chi connectivity index (χ0) is 22.1. The first-order valence-electron chi connectivity index (χ1n) is 9.84. The van der Waals surface area contributed by atoms with Gasteiger partial charge in [0.25, 0.3) is 0 Å². The lowest BCUT2D eigenvalue weighted by Gasteiger charge is -2.20. The molecule has 3 aromatic rings. The molecule has 1 amide bonds. The van der Waals surface area contributed by atoms with Crippen LogP contribution < -0.4 is 15.7 Å². The van der Waals surface area contributed by atoms with Crippen LogP contribution in [0.1, 0.15) is 43.9 Å². The molecule has 0 saturated heterocycles. The Morgan fingerprint density at radius 3 is 2.57 bits per heavy atom. The second-order valence-electron chi connectivity index (χ2n) is 8.39. The Morgan fingerprint density at radius 1 is 1.17 bits per heavy atom. The zero-order valence-corrected chi connectivity index (χ0v) is 18.0. The summed E-state index contributed by atoms with van der Waals surface area (Å²) < 4.78 is 10.6. The summed E-state index contributed by atoms with van der Waals surface area (Å²) in [7, 11) is 1.55. The van der Waals surface area contributed by atoms with Gasteiger partial charge in [0.15, 0.2) is 0 Å². The van der Waals surface area contributed by atoms with Crippen molar-refractivity contribution in [3.05, 3.63) is 63.5 Å². The molecule has 0 radical (unpaired) electrons. The highest BCUT2D eigenvalue weighted by Crippen LogP contribution is 2.31. The molecule has 2 N–H and O–H groups in total. The van der Waals surface area contributed by atoms with Gasteiger partial charge in [-0.15, -0.1) is 0 Å². The Hall–Kier alpha value is -3.28. The van der Waals surface area contributed by atoms with Crippen LogP contribution in [0.5, 0.6) is 11.5 Å². The van der Waals surface area contributed by atoms with Crippen molar-refractivity contribution in [2.45, 2.75) is 46.0 Å². The van der Waals surface area contributed by atoms with E-state index >= 15 is 0 Å². The molecule has 1 aromatic heterocycles. The van der Waals surface area contributed by atoms with Crippen LogP contribution in [0.4, 0.5) is 5.69 Å². The van der Waals surface area contributed by atoms with Gasteiger partial charge in [-0.3, -0.25) is 4.79 Å². The van der Waals surface area contributed by atoms with E-state index in [-0.39, 0.29) is 29.9 Å². The molecular weight excluding hydrogens is 382 g/mol. The maximum Gasteiger partial charge on any atom is 0.339 e. The Balaban J connectivity index is 1.78. The van der Waals surface area contributed by atoms with Gasteiger partial charge >= 0.3 is 5.63 Å². The van der Waals surface area contributed by atoms with Crippen LogP contribution in [0, 0.1) is 6.92 Å². The predicted molar refractivity (Wildman–Crippen MR) is 118 cm³/mol. The van der Waals surface area contributed by atoms with Crippen molar-refractivity contribution >= 4 is 22.6 Å². The average molecular weight is 409 g/mol. The summed E-state index contributed by atoms with van der Waals surface area (Å²) in [6.07, 6.45) is 0.328. The highest BCUT2D eigenvalue weighted by molar-refractivity contribution is 5.92. The fourth-order valence-corrected chi connectivity index (χ4v) is 3.34. The Labute approximate surface area is 175 Å². The minimum absolute atomic E-state index is 0.00620. The quantitative estimate of drug-likeness (QED) is 0.472. The standard InChI is InChI=1S/C24H27NO5/c1-14-17-8-7-16(29-5)13-21(17)30-23(28)18(14)9-11-22(27)25-19-12-15(24(2,3)4)6-10-20(19)26/h6-8,10,12-13,26H,9,11H2,1-5H3,(H,25,27). The molecule has 30 heavy (non-hydrogen) atoms. The number of anilines is 1. The highest BCUT2D eigenvalue weighted by Gasteiger charge is 2.17. The van der Waals surface area contributed by atoms with Crippen LogP contribution in [0.3, 0.4) is 0 Å². The summed E-state index contributed by atoms with van der Waals surface area (Å²) in [6, 6.07) is 10.5. The maximum absolute atomic E-state index is 12.5. The number of hydrogen-bond acceptors (Lipinski definition) is 5. The van der Waals surface area contributed by atoms with E-state index in [4.69, 9.17) is 9.15 Å². The SMILES string of the molecule is COc1ccc2c(C)c(CCC(=O)Nc3cc(C(C)(C)C)ccc3O)c(=O)oc2c1. The fourth-order valence-electron chi connectivity index (χ4n) is 3.34. The summed E-state index contributed by atoms with van der Waals surface area (Å²) in [5.41, 5.74) is 2.49. The molecule has 1 heterocycles. The molecular formula is C24H27NO5. The van der Waals surface area contributed by atoms with E-state index in [1.54, 1.807) is 31.4 Å². The number of hydrogen-bond donors (Lipinski definition) is 2. The normalized spacial score (nSPS) is 11.5. The van der Waals surface area contributed by atoms with Gasteiger partial charge in [0.1, 0.15) is 17.1 Å². The molecule has 0 spiro atoms. The number of amides is 1. The third kappa shape index (κ3) is 4.48. The molecule has 0 aliphatic carbocycles. The first kappa shape index (κ1) is 21.4. The van der Waals surface area contributed by atoms with Crippen LogP contribution in [-0.2, 0) is 16.6 Å². The summed E-state index contributed by atoms with van der Waals surface area (Å²) in [4.78, 5) is 25.0. The molecule has 0 bridgehead atoms. The molecule has 6 nitrogen and oxygen atoms in total. The number of aromatic hydroxyl groups is 1. The molecule has 0 aliphatic heterocycles. The van der Waals surface area contributed by atoms with E-state index in [0.29, 0.717) is 22.6 Å². The van der Waals surface area contributed by atoms with Crippen molar-refractivity contribution in [2.75, 3.05) is 12.4 Å². The zero-order valence-electron chi connectivity index (χ0n) is 18.0. The lowest BCUT2D eigenvalue weighted by molar-refractivity contribution is -0.116. The fraction of sp³-hybridized carbons (Fsp3) is 0.333. The molecule has 2 aromatic carbocycles. The first-order valence-corrected chi connectivity index (χ1v) is 9.84. The van der Waals surface area contributed by atoms with Crippen molar-refractivity contribution in [3.8, 4) is 11.5 Å². The Kier molecular flexibility index (Phi) is 5.87. The van der Waals surface area contributed by atoms with Gasteiger partial charge < -0.3 is 19.6 Å². The highest BCUT2D eigenvalue weighted by atomic mass is 16.5. The predicted octanol–water partition coefficient (Wildman–Crippen LogP) is 4.68. The lowest BCUT2D eigenvalue weighted by atomic mass is 9.87. The van der Waals surface area contributed by atoms with Crippen molar-refractivity contribution in [1.29, 1.82) is 0 Å². The van der Waals surface area contributed by atoms with Crippen molar-refractivity contribution in [1.82, 2.24) is 0 Å². The summed E-state index contributed by atoms with van der Waals surface area (Å²) in [6.45, 7) is 8.02. The molecule has 6 heteroatoms. The number of aryl methyl sites for hydroxylation is 1. The number of phenolic OH excluding ortho intramolecular Hbond substituents is 1. The van der Waals surface area contributed by atoms with Gasteiger partial charge in [0.2, 0.25) is 5.91 Å². The summed E-state index contributed by atoms with van der Waals surface area (Å²) in [5, 5.41) is 13.6. The minimum atomic E-state index is -0.460. The third-order valence-electron chi connectivity index (χ3n) is 5.23. The van der Waals surface area contributed by atoms with Crippen molar-refractivity contribution in [2.24, 2.45) is 0 Å². The molecule has 0 aliphatic rings. The van der Waals surface area contributed by atoms with Gasteiger partial charge in [0.05, 0.1) is 12.8 Å². The van der Waals surface area contributed by atoms with Crippen LogP contribution in [0.25, 0.3) is 11.0 Å². The Bertz CT molecular complexity index is 1150. The topological polar surface area (TPSA) is 88.8 Å². The molecule has 3 rings (SSSR count). The summed E-state index contributed by atoms with van der Waals surface area (Å²) in [5.74, 6) is 0.325. The van der Waals surface area contributed by atoms with Crippen LogP contribution in [-0.4, -0.2) is 18.1 Å². The largest absolute Gasteiger partial charge is 0.506 e. The van der Waals surface area contributed by atoms with Gasteiger partial charge in [-0.1, -0.05) is 26.8 Å². The third-order valence-corrected chi connectivity index (χ3v) is 5.23. The van der Waals surface area contributed by atoms with Gasteiger partial charge in [-0.05, 0) is 54.2 Å². The molecule has 0 fully saturated rings. The number of ether oxygens (including phenoxy) is 1. The van der Waals surface area contributed by atoms with Crippen LogP contribution in [0.15, 0.2) is 45.6 Å². The number of phenols is 1. The van der Waals surface area contributed by atoms with Crippen LogP contribution >= 0.6 is 0 Å². The number of benzene rings is 2. The van der Waals surface area contributed by atoms with Gasteiger partial charge in [-0.25, -0.2) is 4.79 Å². The second-order valence-corrected chi connectivity index (χ2v) is 8.39. The second kappa shape index (κ2) is 8.22. The average Bonchev–Trinajstić information content (AvgIpc) is 2.68. The number of rotatable bonds is 5. The minimum Gasteiger partial charge on any atom is -0.506 e. The van der Waals surface area contributed by atoms with Crippen LogP contribution in [0.2, 0.25) is 0 Å². The monoisotopic (exact) mass is 409 g/mol. The van der Waals surface area contributed by atoms with E-state index in [2.05, 4.69) is 26.1 Å². The smallest absolute Gasteiger partial charge is 0.339 e. The van der Waals surface area contributed by atoms with Gasteiger partial charge in [0, 0.05) is 23.4 Å². The van der Waals surface area contributed by atoms with Crippen molar-refractivity contribution < 1.29 is 19.1 Å². The molecule has 0 atom stereocenters. The van der Waals surface area contributed by atoms with E-state index in [0.717, 1.165) is 16.5 Å². The van der Waals surface area contributed by atoms with E-state index in [1.807, 2.05) is 19.1 Å². The van der Waals surface area contributed by atoms with E-state index < -0.39 is 5.63 Å². The van der Waals surface area contributed by atoms with E-state index in [1.165, 1.54) is 0 Å². The lowest BCUT2D eigenvalue weighted by Crippen LogP contribution is -2.17. The maximum atomic E-state index is 12.5. The number of carbonyl (C=O) groups is 1. The van der Waals surface area contributed by atoms with Crippen molar-refractivity contribution in [3.63, 3.8) is 0 Å². The van der Waals surface area contributed by atoms with E-state index in [9.17, 15) is 14.7 Å². The number of carbonyl (C=O) groups excluding carboxylic acids is 1. The number of nitrogens with one attached hydrogen (secondary N) is 1. The molecule has 0 unspecified atom stereocenters. The van der Waals surface area contributed by atoms with Gasteiger partial charge in [-0.2, -0.15) is 0 Å². The summed E-state index contributed by atoms with van der Waals surface area (Å²) >= 11 is 0. The molecule has 0 saturated carbocycles. The number of methoxy groups -OCH3 is 1. The number of fused-ring (bicyclic) bond motifs is 1. The molecule has 158 valence electrons. The Morgan fingerprint density at radius 2 is 1.90 bits per heavy atom.